The molecular formula is C19H21N3O3. The first-order chi connectivity index (χ1) is 12.2. The number of nitrogens with zero attached hydrogens (tertiary/aromatic N) is 2. The van der Waals surface area contributed by atoms with E-state index in [1.54, 1.807) is 0 Å². The Balaban J connectivity index is 1.65. The summed E-state index contributed by atoms with van der Waals surface area (Å²) in [6.45, 7) is 2.27. The number of benzene rings is 1. The number of carbonyl (C=O) groups is 1. The molecule has 0 spiro atoms. The van der Waals surface area contributed by atoms with Gasteiger partial charge in [0.25, 0.3) is 0 Å². The Kier molecular flexibility index (Phi) is 3.26. The van der Waals surface area contributed by atoms with E-state index in [1.807, 2.05) is 25.1 Å². The lowest BCUT2D eigenvalue weighted by Gasteiger charge is -2.26. The fraction of sp³-hybridized carbons (Fsp3) is 0.474. The van der Waals surface area contributed by atoms with Crippen LogP contribution < -0.4 is 14.8 Å². The van der Waals surface area contributed by atoms with E-state index in [4.69, 9.17) is 14.6 Å². The van der Waals surface area contributed by atoms with Crippen molar-refractivity contribution in [3.05, 3.63) is 35.0 Å². The molecule has 1 aromatic carbocycles. The van der Waals surface area contributed by atoms with Crippen LogP contribution in [0.25, 0.3) is 0 Å². The predicted molar refractivity (Wildman–Crippen MR) is 92.1 cm³/mol. The number of anilines is 1. The van der Waals surface area contributed by atoms with Gasteiger partial charge >= 0.3 is 0 Å². The largest absolute Gasteiger partial charge is 0.454 e. The number of amides is 1. The second-order valence-corrected chi connectivity index (χ2v) is 7.12. The van der Waals surface area contributed by atoms with Gasteiger partial charge in [-0.2, -0.15) is 5.10 Å². The maximum Gasteiger partial charge on any atom is 0.231 e. The molecule has 0 saturated heterocycles. The minimum Gasteiger partial charge on any atom is -0.454 e. The summed E-state index contributed by atoms with van der Waals surface area (Å²) < 4.78 is 13.3. The lowest BCUT2D eigenvalue weighted by atomic mass is 9.85. The van der Waals surface area contributed by atoms with Gasteiger partial charge < -0.3 is 14.8 Å². The highest BCUT2D eigenvalue weighted by Gasteiger charge is 2.36. The van der Waals surface area contributed by atoms with Crippen molar-refractivity contribution >= 4 is 11.7 Å². The van der Waals surface area contributed by atoms with Crippen LogP contribution in [-0.4, -0.2) is 22.5 Å². The molecule has 1 amide bonds. The van der Waals surface area contributed by atoms with Crippen LogP contribution in [0, 0.1) is 6.92 Å². The van der Waals surface area contributed by atoms with Crippen LogP contribution in [0.1, 0.15) is 60.9 Å². The van der Waals surface area contributed by atoms with Crippen LogP contribution in [-0.2, 0) is 4.79 Å². The second-order valence-electron chi connectivity index (χ2n) is 7.12. The second kappa shape index (κ2) is 5.51. The summed E-state index contributed by atoms with van der Waals surface area (Å²) in [7, 11) is 0. The van der Waals surface area contributed by atoms with Gasteiger partial charge in [-0.25, -0.2) is 4.68 Å². The van der Waals surface area contributed by atoms with Crippen LogP contribution in [0.3, 0.4) is 0 Å². The van der Waals surface area contributed by atoms with Crippen molar-refractivity contribution < 1.29 is 14.3 Å². The third-order valence-electron chi connectivity index (χ3n) is 5.60. The van der Waals surface area contributed by atoms with Crippen LogP contribution in [0.5, 0.6) is 11.5 Å². The van der Waals surface area contributed by atoms with Gasteiger partial charge in [0, 0.05) is 23.5 Å². The zero-order valence-electron chi connectivity index (χ0n) is 14.2. The van der Waals surface area contributed by atoms with Gasteiger partial charge in [-0.15, -0.1) is 0 Å². The smallest absolute Gasteiger partial charge is 0.231 e. The normalized spacial score (nSPS) is 22.1. The summed E-state index contributed by atoms with van der Waals surface area (Å²) in [6.07, 6.45) is 5.13. The standard InChI is InChI=1S/C19H21N3O3/c1-11-17-14(13-7-4-8-15-18(13)25-10-24-15)9-16(23)20-19(17)22(21-11)12-5-2-3-6-12/h4,7-8,12,14H,2-3,5-6,9-10H2,1H3,(H,20,23). The maximum atomic E-state index is 12.5. The van der Waals surface area contributed by atoms with Gasteiger partial charge in [0.05, 0.1) is 11.7 Å². The molecule has 2 aromatic rings. The number of hydrogen-bond donors (Lipinski definition) is 1. The van der Waals surface area contributed by atoms with Crippen LogP contribution in [0.4, 0.5) is 5.82 Å². The number of carbonyl (C=O) groups excluding carboxylic acids is 1. The monoisotopic (exact) mass is 339 g/mol. The Morgan fingerprint density at radius 3 is 2.92 bits per heavy atom. The third kappa shape index (κ3) is 2.23. The fourth-order valence-electron chi connectivity index (χ4n) is 4.48. The average Bonchev–Trinajstić information content (AvgIpc) is 3.33. The van der Waals surface area contributed by atoms with Crippen molar-refractivity contribution in [3.63, 3.8) is 0 Å². The molecule has 1 aromatic heterocycles. The highest BCUT2D eigenvalue weighted by molar-refractivity contribution is 5.95. The lowest BCUT2D eigenvalue weighted by Crippen LogP contribution is -2.26. The van der Waals surface area contributed by atoms with Crippen molar-refractivity contribution in [1.82, 2.24) is 9.78 Å². The molecule has 0 radical (unpaired) electrons. The van der Waals surface area contributed by atoms with Crippen molar-refractivity contribution in [3.8, 4) is 11.5 Å². The molecule has 0 bridgehead atoms. The number of ether oxygens (including phenoxy) is 2. The molecule has 1 atom stereocenters. The molecular weight excluding hydrogens is 318 g/mol. The Bertz CT molecular complexity index is 852. The number of para-hydroxylation sites is 1. The first-order valence-corrected chi connectivity index (χ1v) is 8.99. The van der Waals surface area contributed by atoms with Crippen LogP contribution in [0.15, 0.2) is 18.2 Å². The van der Waals surface area contributed by atoms with Gasteiger partial charge in [0.15, 0.2) is 11.5 Å². The van der Waals surface area contributed by atoms with E-state index in [0.717, 1.165) is 47.0 Å². The number of aromatic nitrogens is 2. The zero-order valence-corrected chi connectivity index (χ0v) is 14.2. The van der Waals surface area contributed by atoms with Gasteiger partial charge in [-0.1, -0.05) is 25.0 Å². The highest BCUT2D eigenvalue weighted by Crippen LogP contribution is 2.47. The highest BCUT2D eigenvalue weighted by atomic mass is 16.7. The van der Waals surface area contributed by atoms with Gasteiger partial charge in [0.2, 0.25) is 12.7 Å². The molecule has 2 aliphatic heterocycles. The zero-order chi connectivity index (χ0) is 17.0. The summed E-state index contributed by atoms with van der Waals surface area (Å²) in [5.41, 5.74) is 3.12. The summed E-state index contributed by atoms with van der Waals surface area (Å²) in [5.74, 6) is 2.39. The van der Waals surface area contributed by atoms with Crippen molar-refractivity contribution in [2.45, 2.75) is 51.0 Å². The molecule has 5 rings (SSSR count). The maximum absolute atomic E-state index is 12.5. The summed E-state index contributed by atoms with van der Waals surface area (Å²) in [5, 5.41) is 7.89. The Hall–Kier alpha value is -2.50. The van der Waals surface area contributed by atoms with E-state index in [0.29, 0.717) is 12.5 Å². The first-order valence-electron chi connectivity index (χ1n) is 8.99. The van der Waals surface area contributed by atoms with Gasteiger partial charge in [-0.05, 0) is 25.8 Å². The molecule has 1 N–H and O–H groups in total. The van der Waals surface area contributed by atoms with E-state index >= 15 is 0 Å². The molecule has 3 aliphatic rings. The van der Waals surface area contributed by atoms with E-state index in [1.165, 1.54) is 12.8 Å². The SMILES string of the molecule is Cc1nn(C2CCCC2)c2c1C(c1cccc3c1OCO3)CC(=O)N2. The molecule has 3 heterocycles. The van der Waals surface area contributed by atoms with Crippen molar-refractivity contribution in [2.24, 2.45) is 0 Å². The molecule has 1 unspecified atom stereocenters. The Morgan fingerprint density at radius 1 is 1.24 bits per heavy atom. The van der Waals surface area contributed by atoms with Gasteiger partial charge in [-0.3, -0.25) is 4.79 Å². The molecule has 1 saturated carbocycles. The topological polar surface area (TPSA) is 65.4 Å². The summed E-state index contributed by atoms with van der Waals surface area (Å²) in [4.78, 5) is 12.5. The van der Waals surface area contributed by atoms with Crippen LogP contribution >= 0.6 is 0 Å². The third-order valence-corrected chi connectivity index (χ3v) is 5.60. The van der Waals surface area contributed by atoms with Crippen molar-refractivity contribution in [1.29, 1.82) is 0 Å². The Morgan fingerprint density at radius 2 is 2.08 bits per heavy atom. The minimum atomic E-state index is -0.0458. The number of rotatable bonds is 2. The van der Waals surface area contributed by atoms with E-state index in [2.05, 4.69) is 10.00 Å². The lowest BCUT2D eigenvalue weighted by molar-refractivity contribution is -0.116. The first kappa shape index (κ1) is 14.8. The van der Waals surface area contributed by atoms with E-state index < -0.39 is 0 Å². The number of aryl methyl sites for hydroxylation is 1. The van der Waals surface area contributed by atoms with E-state index in [9.17, 15) is 4.79 Å². The summed E-state index contributed by atoms with van der Waals surface area (Å²) >= 11 is 0. The predicted octanol–water partition coefficient (Wildman–Crippen LogP) is 3.51. The number of fused-ring (bicyclic) bond motifs is 2. The molecule has 130 valence electrons. The quantitative estimate of drug-likeness (QED) is 0.909. The average molecular weight is 339 g/mol. The van der Waals surface area contributed by atoms with E-state index in [-0.39, 0.29) is 18.6 Å². The Labute approximate surface area is 146 Å². The molecule has 1 fully saturated rings. The van der Waals surface area contributed by atoms with Gasteiger partial charge in [0.1, 0.15) is 5.82 Å². The number of hydrogen-bond acceptors (Lipinski definition) is 4. The van der Waals surface area contributed by atoms with Crippen molar-refractivity contribution in [2.75, 3.05) is 12.1 Å². The number of nitrogens with one attached hydrogen (secondary N) is 1. The summed E-state index contributed by atoms with van der Waals surface area (Å²) in [6, 6.07) is 6.30. The molecule has 6 heteroatoms. The molecule has 1 aliphatic carbocycles. The molecule has 6 nitrogen and oxygen atoms in total. The minimum absolute atomic E-state index is 0.0353. The molecule has 25 heavy (non-hydrogen) atoms. The van der Waals surface area contributed by atoms with Crippen LogP contribution in [0.2, 0.25) is 0 Å². The fourth-order valence-corrected chi connectivity index (χ4v) is 4.48.